The van der Waals surface area contributed by atoms with Crippen LogP contribution in [0, 0.1) is 11.8 Å². The van der Waals surface area contributed by atoms with Crippen molar-refractivity contribution in [1.82, 2.24) is 9.97 Å². The third-order valence-corrected chi connectivity index (χ3v) is 10.6. The minimum atomic E-state index is -0.818. The number of aryl methyl sites for hydroxylation is 2. The van der Waals surface area contributed by atoms with E-state index >= 15 is 0 Å². The number of H-pyrrole nitrogens is 1. The average Bonchev–Trinajstić information content (AvgIpc) is 3.84. The van der Waals surface area contributed by atoms with Gasteiger partial charge in [-0.3, -0.25) is 9.79 Å². The number of aromatic nitrogens is 2. The SMILES string of the molecule is CC(C)CCC1(C(Cc2nc(-c3ccc(-c4cc(CCc5ccc(C6CCCCC6)cc5)c[nH]4)cc3)cs2)C(=O)O)C=CC=N1. The summed E-state index contributed by atoms with van der Waals surface area (Å²) < 4.78 is 0. The van der Waals surface area contributed by atoms with Crippen molar-refractivity contribution in [3.8, 4) is 22.5 Å². The van der Waals surface area contributed by atoms with Gasteiger partial charge in [0.2, 0.25) is 0 Å². The number of aliphatic imine (C=N–C) groups is 1. The number of aromatic amines is 1. The van der Waals surface area contributed by atoms with Crippen LogP contribution in [0.5, 0.6) is 0 Å². The number of hydrogen-bond donors (Lipinski definition) is 2. The molecule has 5 nitrogen and oxygen atoms in total. The number of carboxylic acids is 1. The maximum absolute atomic E-state index is 12.4. The number of carbonyl (C=O) groups is 1. The number of nitrogens with zero attached hydrogens (tertiary/aromatic N) is 2. The lowest BCUT2D eigenvalue weighted by atomic mass is 9.78. The van der Waals surface area contributed by atoms with Crippen LogP contribution in [0.2, 0.25) is 0 Å². The van der Waals surface area contributed by atoms with Crippen molar-refractivity contribution in [1.29, 1.82) is 0 Å². The highest BCUT2D eigenvalue weighted by Crippen LogP contribution is 2.37. The minimum absolute atomic E-state index is 0.369. The van der Waals surface area contributed by atoms with E-state index in [0.717, 1.165) is 59.1 Å². The number of hydrogen-bond acceptors (Lipinski definition) is 4. The number of benzene rings is 2. The molecule has 2 atom stereocenters. The largest absolute Gasteiger partial charge is 0.481 e. The number of rotatable bonds is 13. The predicted octanol–water partition coefficient (Wildman–Crippen LogP) is 9.70. The molecule has 234 valence electrons. The number of thiazole rings is 1. The fraction of sp³-hybridized carbons (Fsp3) is 0.410. The van der Waals surface area contributed by atoms with Crippen molar-refractivity contribution in [3.63, 3.8) is 0 Å². The molecule has 6 rings (SSSR count). The van der Waals surface area contributed by atoms with Crippen molar-refractivity contribution >= 4 is 23.5 Å². The van der Waals surface area contributed by atoms with Crippen LogP contribution in [0.3, 0.4) is 0 Å². The van der Waals surface area contributed by atoms with E-state index in [4.69, 9.17) is 4.98 Å². The number of nitrogens with one attached hydrogen (secondary N) is 1. The van der Waals surface area contributed by atoms with Crippen molar-refractivity contribution in [3.05, 3.63) is 100 Å². The van der Waals surface area contributed by atoms with Crippen LogP contribution in [0.1, 0.15) is 86.4 Å². The van der Waals surface area contributed by atoms with E-state index in [1.807, 2.05) is 17.5 Å². The Bertz CT molecular complexity index is 1610. The second-order valence-electron chi connectivity index (χ2n) is 13.4. The molecular weight excluding hydrogens is 575 g/mol. The summed E-state index contributed by atoms with van der Waals surface area (Å²) in [5.41, 5.74) is 7.71. The Labute approximate surface area is 271 Å². The van der Waals surface area contributed by atoms with E-state index in [1.54, 1.807) is 6.21 Å². The van der Waals surface area contributed by atoms with Crippen molar-refractivity contribution < 1.29 is 9.90 Å². The molecule has 0 spiro atoms. The highest BCUT2D eigenvalue weighted by molar-refractivity contribution is 7.10. The molecule has 2 aromatic heterocycles. The summed E-state index contributed by atoms with van der Waals surface area (Å²) in [4.78, 5) is 25.4. The van der Waals surface area contributed by atoms with Gasteiger partial charge >= 0.3 is 5.97 Å². The lowest BCUT2D eigenvalue weighted by Crippen LogP contribution is -2.40. The Morgan fingerprint density at radius 2 is 1.73 bits per heavy atom. The highest BCUT2D eigenvalue weighted by atomic mass is 32.1. The predicted molar refractivity (Wildman–Crippen MR) is 186 cm³/mol. The van der Waals surface area contributed by atoms with Crippen molar-refractivity contribution in [2.24, 2.45) is 16.8 Å². The normalized spacial score (nSPS) is 19.0. The second-order valence-corrected chi connectivity index (χ2v) is 14.3. The van der Waals surface area contributed by atoms with Gasteiger partial charge in [-0.15, -0.1) is 11.3 Å². The van der Waals surface area contributed by atoms with Crippen LogP contribution < -0.4 is 0 Å². The molecule has 2 unspecified atom stereocenters. The zero-order valence-electron chi connectivity index (χ0n) is 26.5. The van der Waals surface area contributed by atoms with Gasteiger partial charge in [-0.1, -0.05) is 87.7 Å². The molecule has 2 aromatic carbocycles. The van der Waals surface area contributed by atoms with Crippen LogP contribution >= 0.6 is 11.3 Å². The molecule has 6 heteroatoms. The first-order valence-corrected chi connectivity index (χ1v) is 17.5. The molecule has 1 aliphatic carbocycles. The van der Waals surface area contributed by atoms with Crippen LogP contribution in [0.15, 0.2) is 83.3 Å². The fourth-order valence-corrected chi connectivity index (χ4v) is 7.77. The van der Waals surface area contributed by atoms with E-state index in [1.165, 1.54) is 60.1 Å². The van der Waals surface area contributed by atoms with E-state index in [9.17, 15) is 9.90 Å². The van der Waals surface area contributed by atoms with Crippen LogP contribution in [0.25, 0.3) is 22.5 Å². The first-order valence-electron chi connectivity index (χ1n) is 16.7. The van der Waals surface area contributed by atoms with Gasteiger partial charge in [0.05, 0.1) is 22.2 Å². The van der Waals surface area contributed by atoms with Crippen LogP contribution in [0.4, 0.5) is 0 Å². The summed E-state index contributed by atoms with van der Waals surface area (Å²) in [6, 6.07) is 20.1. The Hall–Kier alpha value is -3.77. The zero-order chi connectivity index (χ0) is 31.2. The van der Waals surface area contributed by atoms with Gasteiger partial charge < -0.3 is 10.1 Å². The van der Waals surface area contributed by atoms with Gasteiger partial charge in [-0.25, -0.2) is 4.98 Å². The summed E-state index contributed by atoms with van der Waals surface area (Å²) in [5.74, 6) is -0.215. The molecular formula is C39H45N3O2S. The molecule has 45 heavy (non-hydrogen) atoms. The fourth-order valence-electron chi connectivity index (χ4n) is 6.92. The quantitative estimate of drug-likeness (QED) is 0.156. The van der Waals surface area contributed by atoms with E-state index < -0.39 is 17.4 Å². The summed E-state index contributed by atoms with van der Waals surface area (Å²) >= 11 is 1.53. The number of allylic oxidation sites excluding steroid dienone is 1. The molecule has 0 bridgehead atoms. The summed E-state index contributed by atoms with van der Waals surface area (Å²) in [7, 11) is 0. The Morgan fingerprint density at radius 3 is 2.42 bits per heavy atom. The molecule has 1 saturated carbocycles. The summed E-state index contributed by atoms with van der Waals surface area (Å²) in [6.07, 6.45) is 18.6. The lowest BCUT2D eigenvalue weighted by Gasteiger charge is -2.31. The van der Waals surface area contributed by atoms with E-state index in [-0.39, 0.29) is 0 Å². The van der Waals surface area contributed by atoms with Gasteiger partial charge in [0.1, 0.15) is 0 Å². The monoisotopic (exact) mass is 619 g/mol. The molecule has 1 aliphatic heterocycles. The van der Waals surface area contributed by atoms with Crippen LogP contribution in [-0.4, -0.2) is 32.8 Å². The maximum Gasteiger partial charge on any atom is 0.309 e. The first-order chi connectivity index (χ1) is 21.9. The third-order valence-electron chi connectivity index (χ3n) is 9.73. The molecule has 1 fully saturated rings. The molecule has 0 amide bonds. The van der Waals surface area contributed by atoms with Gasteiger partial charge in [0.25, 0.3) is 0 Å². The third kappa shape index (κ3) is 7.55. The number of aliphatic carboxylic acids is 1. The molecule has 4 aromatic rings. The maximum atomic E-state index is 12.4. The van der Waals surface area contributed by atoms with Gasteiger partial charge in [0, 0.05) is 35.5 Å². The molecule has 3 heterocycles. The van der Waals surface area contributed by atoms with Gasteiger partial charge in [-0.2, -0.15) is 0 Å². The van der Waals surface area contributed by atoms with E-state index in [2.05, 4.69) is 84.6 Å². The Balaban J connectivity index is 1.06. The molecule has 0 saturated heterocycles. The van der Waals surface area contributed by atoms with Gasteiger partial charge in [-0.05, 0) is 84.8 Å². The van der Waals surface area contributed by atoms with Gasteiger partial charge in [0.15, 0.2) is 0 Å². The average molecular weight is 620 g/mol. The van der Waals surface area contributed by atoms with E-state index in [0.29, 0.717) is 12.3 Å². The van der Waals surface area contributed by atoms with Crippen LogP contribution in [-0.2, 0) is 24.1 Å². The Morgan fingerprint density at radius 1 is 1.00 bits per heavy atom. The Kier molecular flexibility index (Phi) is 9.79. The second kappa shape index (κ2) is 14.1. The highest BCUT2D eigenvalue weighted by Gasteiger charge is 2.42. The zero-order valence-corrected chi connectivity index (χ0v) is 27.4. The number of carboxylic acid groups (broad SMARTS) is 1. The van der Waals surface area contributed by atoms with Crippen molar-refractivity contribution in [2.75, 3.05) is 0 Å². The smallest absolute Gasteiger partial charge is 0.309 e. The minimum Gasteiger partial charge on any atom is -0.481 e. The molecule has 2 aliphatic rings. The first kappa shape index (κ1) is 31.2. The molecule has 0 radical (unpaired) electrons. The summed E-state index contributed by atoms with van der Waals surface area (Å²) in [6.45, 7) is 4.33. The summed E-state index contributed by atoms with van der Waals surface area (Å²) in [5, 5.41) is 13.1. The molecule has 2 N–H and O–H groups in total. The topological polar surface area (TPSA) is 78.3 Å². The standard InChI is InChI=1S/C39H45N3O2S/c1-27(2)19-21-39(20-6-22-41-39)34(38(43)44)24-37-42-36(26-45-37)33-17-15-32(16-18-33)35-23-29(25-40-35)10-9-28-11-13-31(14-12-28)30-7-4-3-5-8-30/h6,11-18,20,22-23,25-27,30,34,40H,3-5,7-10,19,21,24H2,1-2H3,(H,43,44). The van der Waals surface area contributed by atoms with Crippen molar-refractivity contribution in [2.45, 2.75) is 89.5 Å². The lowest BCUT2D eigenvalue weighted by molar-refractivity contribution is -0.143.